The Morgan fingerprint density at radius 3 is 2.48 bits per heavy atom. The van der Waals surface area contributed by atoms with Gasteiger partial charge in [-0.2, -0.15) is 0 Å². The number of carbonyl (C=O) groups excluding carboxylic acids is 2. The van der Waals surface area contributed by atoms with E-state index in [1.165, 1.54) is 7.11 Å². The van der Waals surface area contributed by atoms with Crippen molar-refractivity contribution in [3.8, 4) is 0 Å². The lowest BCUT2D eigenvalue weighted by atomic mass is 10.1. The van der Waals surface area contributed by atoms with Gasteiger partial charge in [0.15, 0.2) is 0 Å². The van der Waals surface area contributed by atoms with E-state index in [1.54, 1.807) is 42.4 Å². The average molecular weight is 309 g/mol. The van der Waals surface area contributed by atoms with Crippen LogP contribution in [0.5, 0.6) is 0 Å². The quantitative estimate of drug-likeness (QED) is 0.697. The molecule has 2 aromatic heterocycles. The minimum Gasteiger partial charge on any atom is -0.465 e. The maximum atomic E-state index is 12.6. The highest BCUT2D eigenvalue weighted by molar-refractivity contribution is 6.06. The van der Waals surface area contributed by atoms with Crippen LogP contribution in [0.1, 0.15) is 20.7 Å². The molecule has 116 valence electrons. The first-order chi connectivity index (χ1) is 11.1. The summed E-state index contributed by atoms with van der Waals surface area (Å²) in [5, 5.41) is 0. The van der Waals surface area contributed by atoms with Crippen LogP contribution < -0.4 is 4.90 Å². The van der Waals surface area contributed by atoms with Gasteiger partial charge in [-0.3, -0.25) is 4.79 Å². The third-order valence-electron chi connectivity index (χ3n) is 3.62. The second-order valence-electron chi connectivity index (χ2n) is 5.01. The molecule has 23 heavy (non-hydrogen) atoms. The number of esters is 1. The number of fused-ring (bicyclic) bond motifs is 1. The minimum absolute atomic E-state index is 0.166. The van der Waals surface area contributed by atoms with Gasteiger partial charge in [-0.1, -0.05) is 0 Å². The number of aromatic nitrogens is 2. The highest BCUT2D eigenvalue weighted by Gasteiger charge is 2.15. The molecular weight excluding hydrogens is 294 g/mol. The maximum absolute atomic E-state index is 12.6. The number of rotatable bonds is 3. The SMILES string of the molecule is COC(=O)c1ccc(C(=O)N(C)c2ccc3nccn3c2)cc1. The van der Waals surface area contributed by atoms with Crippen LogP contribution in [0.2, 0.25) is 0 Å². The predicted molar refractivity (Wildman–Crippen MR) is 85.7 cm³/mol. The molecule has 0 aliphatic carbocycles. The van der Waals surface area contributed by atoms with Crippen molar-refractivity contribution in [3.63, 3.8) is 0 Å². The number of hydrogen-bond donors (Lipinski definition) is 0. The molecule has 1 aromatic carbocycles. The molecule has 0 atom stereocenters. The van der Waals surface area contributed by atoms with Gasteiger partial charge in [-0.25, -0.2) is 9.78 Å². The Kier molecular flexibility index (Phi) is 3.80. The Morgan fingerprint density at radius 2 is 1.78 bits per heavy atom. The molecule has 0 aliphatic heterocycles. The summed E-state index contributed by atoms with van der Waals surface area (Å²) < 4.78 is 6.49. The maximum Gasteiger partial charge on any atom is 0.337 e. The lowest BCUT2D eigenvalue weighted by molar-refractivity contribution is 0.0600. The zero-order chi connectivity index (χ0) is 16.4. The highest BCUT2D eigenvalue weighted by Crippen LogP contribution is 2.17. The van der Waals surface area contributed by atoms with Gasteiger partial charge in [-0.05, 0) is 36.4 Å². The van der Waals surface area contributed by atoms with Crippen LogP contribution >= 0.6 is 0 Å². The first-order valence-electron chi connectivity index (χ1n) is 6.99. The monoisotopic (exact) mass is 309 g/mol. The van der Waals surface area contributed by atoms with E-state index in [2.05, 4.69) is 9.72 Å². The van der Waals surface area contributed by atoms with E-state index in [4.69, 9.17) is 0 Å². The summed E-state index contributed by atoms with van der Waals surface area (Å²) in [7, 11) is 3.02. The number of imidazole rings is 1. The van der Waals surface area contributed by atoms with E-state index in [0.29, 0.717) is 11.1 Å². The summed E-state index contributed by atoms with van der Waals surface area (Å²) in [5.41, 5.74) is 2.46. The van der Waals surface area contributed by atoms with Crippen LogP contribution in [0.3, 0.4) is 0 Å². The normalized spacial score (nSPS) is 10.5. The summed E-state index contributed by atoms with van der Waals surface area (Å²) >= 11 is 0. The molecule has 0 saturated heterocycles. The molecule has 0 unspecified atom stereocenters. The van der Waals surface area contributed by atoms with Gasteiger partial charge in [0.1, 0.15) is 5.65 Å². The number of amides is 1. The first-order valence-corrected chi connectivity index (χ1v) is 6.99. The van der Waals surface area contributed by atoms with E-state index >= 15 is 0 Å². The second-order valence-corrected chi connectivity index (χ2v) is 5.01. The van der Waals surface area contributed by atoms with Crippen molar-refractivity contribution in [2.45, 2.75) is 0 Å². The molecule has 0 N–H and O–H groups in total. The Hall–Kier alpha value is -3.15. The molecular formula is C17H15N3O3. The second kappa shape index (κ2) is 5.92. The van der Waals surface area contributed by atoms with Crippen molar-refractivity contribution in [2.24, 2.45) is 0 Å². The van der Waals surface area contributed by atoms with Crippen molar-refractivity contribution < 1.29 is 14.3 Å². The summed E-state index contributed by atoms with van der Waals surface area (Å²) in [6.07, 6.45) is 5.36. The van der Waals surface area contributed by atoms with Crippen LogP contribution in [0.15, 0.2) is 55.0 Å². The summed E-state index contributed by atoms with van der Waals surface area (Å²) in [6, 6.07) is 10.1. The topological polar surface area (TPSA) is 63.9 Å². The third-order valence-corrected chi connectivity index (χ3v) is 3.62. The van der Waals surface area contributed by atoms with Gasteiger partial charge in [0.2, 0.25) is 0 Å². The minimum atomic E-state index is -0.428. The van der Waals surface area contributed by atoms with E-state index < -0.39 is 5.97 Å². The number of nitrogens with zero attached hydrogens (tertiary/aromatic N) is 3. The molecule has 0 aliphatic rings. The van der Waals surface area contributed by atoms with E-state index in [1.807, 2.05) is 28.9 Å². The molecule has 0 fully saturated rings. The fraction of sp³-hybridized carbons (Fsp3) is 0.118. The molecule has 0 spiro atoms. The summed E-state index contributed by atoms with van der Waals surface area (Å²) in [6.45, 7) is 0. The lowest BCUT2D eigenvalue weighted by Gasteiger charge is -2.17. The fourth-order valence-corrected chi connectivity index (χ4v) is 2.28. The lowest BCUT2D eigenvalue weighted by Crippen LogP contribution is -2.26. The standard InChI is InChI=1S/C17H15N3O3/c1-19(14-7-8-15-18-9-10-20(15)11-14)16(21)12-3-5-13(6-4-12)17(22)23-2/h3-11H,1-2H3. The van der Waals surface area contributed by atoms with Crippen LogP contribution in [0.25, 0.3) is 5.65 Å². The van der Waals surface area contributed by atoms with Crippen molar-refractivity contribution in [2.75, 3.05) is 19.1 Å². The van der Waals surface area contributed by atoms with E-state index in [9.17, 15) is 9.59 Å². The molecule has 1 amide bonds. The van der Waals surface area contributed by atoms with Crippen LogP contribution in [0.4, 0.5) is 5.69 Å². The van der Waals surface area contributed by atoms with Gasteiger partial charge in [0.05, 0.1) is 18.4 Å². The number of benzene rings is 1. The number of pyridine rings is 1. The molecule has 3 aromatic rings. The van der Waals surface area contributed by atoms with Crippen LogP contribution in [-0.4, -0.2) is 35.4 Å². The number of anilines is 1. The Labute approximate surface area is 132 Å². The molecule has 0 bridgehead atoms. The molecule has 0 radical (unpaired) electrons. The van der Waals surface area contributed by atoms with Gasteiger partial charge >= 0.3 is 5.97 Å². The largest absolute Gasteiger partial charge is 0.465 e. The van der Waals surface area contributed by atoms with Crippen LogP contribution in [-0.2, 0) is 4.74 Å². The van der Waals surface area contributed by atoms with Crippen molar-refractivity contribution in [1.29, 1.82) is 0 Å². The number of carbonyl (C=O) groups is 2. The molecule has 6 heteroatoms. The van der Waals surface area contributed by atoms with Crippen LogP contribution in [0, 0.1) is 0 Å². The first kappa shape index (κ1) is 14.8. The third kappa shape index (κ3) is 2.78. The summed E-state index contributed by atoms with van der Waals surface area (Å²) in [5.74, 6) is -0.594. The Balaban J connectivity index is 1.85. The number of ether oxygens (including phenoxy) is 1. The van der Waals surface area contributed by atoms with E-state index in [0.717, 1.165) is 11.3 Å². The van der Waals surface area contributed by atoms with Gasteiger partial charge in [0, 0.05) is 31.2 Å². The van der Waals surface area contributed by atoms with Crippen molar-refractivity contribution in [1.82, 2.24) is 9.38 Å². The predicted octanol–water partition coefficient (Wildman–Crippen LogP) is 2.40. The van der Waals surface area contributed by atoms with Crippen molar-refractivity contribution in [3.05, 3.63) is 66.1 Å². The van der Waals surface area contributed by atoms with Gasteiger partial charge < -0.3 is 14.0 Å². The van der Waals surface area contributed by atoms with Gasteiger partial charge in [0.25, 0.3) is 5.91 Å². The average Bonchev–Trinajstić information content (AvgIpc) is 3.07. The highest BCUT2D eigenvalue weighted by atomic mass is 16.5. The molecule has 2 heterocycles. The smallest absolute Gasteiger partial charge is 0.337 e. The summed E-state index contributed by atoms with van der Waals surface area (Å²) in [4.78, 5) is 29.7. The van der Waals surface area contributed by atoms with E-state index in [-0.39, 0.29) is 5.91 Å². The Morgan fingerprint density at radius 1 is 1.09 bits per heavy atom. The Bertz CT molecular complexity index is 868. The molecule has 0 saturated carbocycles. The van der Waals surface area contributed by atoms with Gasteiger partial charge in [-0.15, -0.1) is 0 Å². The zero-order valence-electron chi connectivity index (χ0n) is 12.8. The number of hydrogen-bond acceptors (Lipinski definition) is 4. The molecule has 6 nitrogen and oxygen atoms in total. The number of methoxy groups -OCH3 is 1. The zero-order valence-corrected chi connectivity index (χ0v) is 12.8. The molecule has 3 rings (SSSR count). The van der Waals surface area contributed by atoms with Crippen molar-refractivity contribution >= 4 is 23.2 Å². The fourth-order valence-electron chi connectivity index (χ4n) is 2.28.